The topological polar surface area (TPSA) is 38.8 Å². The minimum absolute atomic E-state index is 0.270. The fourth-order valence-electron chi connectivity index (χ4n) is 3.44. The van der Waals surface area contributed by atoms with Crippen LogP contribution in [0.1, 0.15) is 37.2 Å². The highest BCUT2D eigenvalue weighted by molar-refractivity contribution is 7.99. The second-order valence-electron chi connectivity index (χ2n) is 6.60. The van der Waals surface area contributed by atoms with Crippen LogP contribution in [0.2, 0.25) is 0 Å². The van der Waals surface area contributed by atoms with Crippen LogP contribution in [0.4, 0.5) is 0 Å². The van der Waals surface area contributed by atoms with Gasteiger partial charge in [-0.1, -0.05) is 12.1 Å². The van der Waals surface area contributed by atoms with Crippen molar-refractivity contribution in [3.8, 4) is 5.75 Å². The number of carbonyl (C=O) groups excluding carboxylic acids is 1. The third-order valence-electron chi connectivity index (χ3n) is 4.93. The first-order valence-corrected chi connectivity index (χ1v) is 10.0. The molecule has 1 aromatic carbocycles. The highest BCUT2D eigenvalue weighted by Crippen LogP contribution is 2.29. The molecule has 2 aliphatic rings. The summed E-state index contributed by atoms with van der Waals surface area (Å²) in [4.78, 5) is 14.4. The Morgan fingerprint density at radius 1 is 1.29 bits per heavy atom. The van der Waals surface area contributed by atoms with E-state index in [1.54, 1.807) is 18.9 Å². The van der Waals surface area contributed by atoms with Gasteiger partial charge in [-0.3, -0.25) is 4.79 Å². The van der Waals surface area contributed by atoms with Crippen LogP contribution in [0.5, 0.6) is 5.75 Å². The Morgan fingerprint density at radius 2 is 2.12 bits per heavy atom. The summed E-state index contributed by atoms with van der Waals surface area (Å²) in [6.07, 6.45) is 4.98. The summed E-state index contributed by atoms with van der Waals surface area (Å²) in [5, 5.41) is 0. The number of methoxy groups -OCH3 is 1. The largest absolute Gasteiger partial charge is 0.497 e. The molecule has 0 N–H and O–H groups in total. The lowest BCUT2D eigenvalue weighted by atomic mass is 9.98. The maximum Gasteiger partial charge on any atom is 0.232 e. The van der Waals surface area contributed by atoms with Crippen LogP contribution >= 0.6 is 11.8 Å². The Kier molecular flexibility index (Phi) is 6.44. The van der Waals surface area contributed by atoms with Crippen molar-refractivity contribution in [3.05, 3.63) is 29.8 Å². The van der Waals surface area contributed by atoms with E-state index in [0.29, 0.717) is 17.8 Å². The van der Waals surface area contributed by atoms with Gasteiger partial charge in [-0.05, 0) is 43.4 Å². The molecule has 2 heterocycles. The maximum absolute atomic E-state index is 12.4. The number of thioether (sulfide) groups is 1. The van der Waals surface area contributed by atoms with Gasteiger partial charge in [-0.25, -0.2) is 0 Å². The van der Waals surface area contributed by atoms with Crippen LogP contribution in [-0.4, -0.2) is 55.2 Å². The first-order chi connectivity index (χ1) is 11.8. The minimum Gasteiger partial charge on any atom is -0.497 e. The average molecular weight is 349 g/mol. The van der Waals surface area contributed by atoms with Crippen LogP contribution in [0.3, 0.4) is 0 Å². The predicted molar refractivity (Wildman–Crippen MR) is 97.8 cm³/mol. The van der Waals surface area contributed by atoms with E-state index in [1.807, 2.05) is 17.0 Å². The first-order valence-electron chi connectivity index (χ1n) is 8.87. The number of hydrogen-bond donors (Lipinski definition) is 0. The van der Waals surface area contributed by atoms with Gasteiger partial charge in [0, 0.05) is 31.4 Å². The molecule has 24 heavy (non-hydrogen) atoms. The van der Waals surface area contributed by atoms with Gasteiger partial charge < -0.3 is 14.4 Å². The monoisotopic (exact) mass is 349 g/mol. The van der Waals surface area contributed by atoms with Crippen molar-refractivity contribution in [1.82, 2.24) is 4.90 Å². The lowest BCUT2D eigenvalue weighted by molar-refractivity contribution is -0.127. The zero-order valence-corrected chi connectivity index (χ0v) is 15.2. The van der Waals surface area contributed by atoms with Crippen LogP contribution in [-0.2, 0) is 9.53 Å². The van der Waals surface area contributed by atoms with Crippen molar-refractivity contribution in [2.75, 3.05) is 38.3 Å². The molecular weight excluding hydrogens is 322 g/mol. The van der Waals surface area contributed by atoms with Crippen LogP contribution < -0.4 is 4.74 Å². The molecule has 0 radical (unpaired) electrons. The molecule has 0 spiro atoms. The quantitative estimate of drug-likeness (QED) is 0.790. The van der Waals surface area contributed by atoms with Crippen molar-refractivity contribution in [2.45, 2.75) is 37.7 Å². The van der Waals surface area contributed by atoms with Crippen molar-refractivity contribution >= 4 is 17.7 Å². The van der Waals surface area contributed by atoms with E-state index in [-0.39, 0.29) is 5.91 Å². The second-order valence-corrected chi connectivity index (χ2v) is 7.63. The number of hydrogen-bond acceptors (Lipinski definition) is 4. The second kappa shape index (κ2) is 8.77. The standard InChI is InChI=1S/C19H27NO3S/c1-22-17-7-5-15(6-8-17)16-9-10-20(12-16)19(21)14-24-13-18-4-2-3-11-23-18/h5-8,16,18H,2-4,9-14H2,1H3/t16-,18-/m0/s1. The summed E-state index contributed by atoms with van der Waals surface area (Å²) in [6.45, 7) is 2.59. The zero-order valence-electron chi connectivity index (χ0n) is 14.4. The molecule has 5 heteroatoms. The maximum atomic E-state index is 12.4. The number of ether oxygens (including phenoxy) is 2. The van der Waals surface area contributed by atoms with E-state index in [1.165, 1.54) is 18.4 Å². The minimum atomic E-state index is 0.270. The molecule has 0 aliphatic carbocycles. The van der Waals surface area contributed by atoms with Crippen molar-refractivity contribution in [1.29, 1.82) is 0 Å². The van der Waals surface area contributed by atoms with Gasteiger partial charge in [0.25, 0.3) is 0 Å². The van der Waals surface area contributed by atoms with Gasteiger partial charge in [0.05, 0.1) is 19.0 Å². The van der Waals surface area contributed by atoms with Crippen LogP contribution in [0, 0.1) is 0 Å². The molecule has 1 aromatic rings. The number of nitrogens with zero attached hydrogens (tertiary/aromatic N) is 1. The highest BCUT2D eigenvalue weighted by atomic mass is 32.2. The molecule has 132 valence electrons. The molecule has 2 fully saturated rings. The molecule has 2 atom stereocenters. The third-order valence-corrected chi connectivity index (χ3v) is 5.99. The summed E-state index contributed by atoms with van der Waals surface area (Å²) in [5.41, 5.74) is 1.30. The van der Waals surface area contributed by atoms with E-state index in [4.69, 9.17) is 9.47 Å². The average Bonchev–Trinajstić information content (AvgIpc) is 3.13. The Balaban J connectivity index is 1.41. The molecule has 3 rings (SSSR count). The van der Waals surface area contributed by atoms with E-state index < -0.39 is 0 Å². The zero-order chi connectivity index (χ0) is 16.8. The van der Waals surface area contributed by atoms with E-state index in [9.17, 15) is 4.79 Å². The van der Waals surface area contributed by atoms with Crippen molar-refractivity contribution in [2.24, 2.45) is 0 Å². The Labute approximate surface area is 148 Å². The fourth-order valence-corrected chi connectivity index (χ4v) is 4.44. The SMILES string of the molecule is COc1ccc([C@H]2CCN(C(=O)CSC[C@@H]3CCCCO3)C2)cc1. The van der Waals surface area contributed by atoms with Crippen LogP contribution in [0.15, 0.2) is 24.3 Å². The summed E-state index contributed by atoms with van der Waals surface area (Å²) in [5.74, 6) is 3.13. The van der Waals surface area contributed by atoms with Crippen molar-refractivity contribution < 1.29 is 14.3 Å². The third kappa shape index (κ3) is 4.67. The number of benzene rings is 1. The number of likely N-dealkylation sites (tertiary alicyclic amines) is 1. The lowest BCUT2D eigenvalue weighted by Crippen LogP contribution is -2.30. The van der Waals surface area contributed by atoms with Gasteiger partial charge in [-0.15, -0.1) is 11.8 Å². The molecule has 0 bridgehead atoms. The molecule has 4 nitrogen and oxygen atoms in total. The molecule has 0 aromatic heterocycles. The molecule has 1 amide bonds. The first kappa shape index (κ1) is 17.6. The summed E-state index contributed by atoms with van der Waals surface area (Å²) >= 11 is 1.72. The van der Waals surface area contributed by atoms with E-state index in [0.717, 1.165) is 44.0 Å². The summed E-state index contributed by atoms with van der Waals surface area (Å²) in [7, 11) is 1.68. The molecule has 0 saturated carbocycles. The van der Waals surface area contributed by atoms with Gasteiger partial charge in [-0.2, -0.15) is 0 Å². The summed E-state index contributed by atoms with van der Waals surface area (Å²) < 4.78 is 10.9. The van der Waals surface area contributed by atoms with E-state index in [2.05, 4.69) is 12.1 Å². The molecular formula is C19H27NO3S. The normalized spacial score (nSPS) is 24.1. The van der Waals surface area contributed by atoms with Crippen LogP contribution in [0.25, 0.3) is 0 Å². The number of amides is 1. The van der Waals surface area contributed by atoms with E-state index >= 15 is 0 Å². The molecule has 2 saturated heterocycles. The number of carbonyl (C=O) groups is 1. The Hall–Kier alpha value is -1.20. The predicted octanol–water partition coefficient (Wildman–Crippen LogP) is 3.31. The molecule has 0 unspecified atom stereocenters. The Morgan fingerprint density at radius 3 is 2.83 bits per heavy atom. The molecule has 2 aliphatic heterocycles. The fraction of sp³-hybridized carbons (Fsp3) is 0.632. The Bertz CT molecular complexity index is 528. The van der Waals surface area contributed by atoms with Gasteiger partial charge in [0.15, 0.2) is 0 Å². The highest BCUT2D eigenvalue weighted by Gasteiger charge is 2.27. The van der Waals surface area contributed by atoms with Gasteiger partial charge >= 0.3 is 0 Å². The summed E-state index contributed by atoms with van der Waals surface area (Å²) in [6, 6.07) is 8.24. The van der Waals surface area contributed by atoms with Gasteiger partial charge in [0.1, 0.15) is 5.75 Å². The van der Waals surface area contributed by atoms with Gasteiger partial charge in [0.2, 0.25) is 5.91 Å². The van der Waals surface area contributed by atoms with Crippen molar-refractivity contribution in [3.63, 3.8) is 0 Å². The smallest absolute Gasteiger partial charge is 0.232 e. The lowest BCUT2D eigenvalue weighted by Gasteiger charge is -2.22. The number of rotatable bonds is 6.